The lowest BCUT2D eigenvalue weighted by atomic mass is 10.0. The van der Waals surface area contributed by atoms with Crippen LogP contribution in [0.2, 0.25) is 0 Å². The quantitative estimate of drug-likeness (QED) is 0.301. The molecule has 200 valence electrons. The number of fused-ring (bicyclic) bond motifs is 2. The molecule has 3 atom stereocenters. The van der Waals surface area contributed by atoms with Crippen LogP contribution >= 0.6 is 10.8 Å². The van der Waals surface area contributed by atoms with E-state index in [-0.39, 0.29) is 12.1 Å². The molecule has 3 aromatic rings. The molecule has 0 bridgehead atoms. The van der Waals surface area contributed by atoms with Crippen molar-refractivity contribution in [2.24, 2.45) is 0 Å². The van der Waals surface area contributed by atoms with E-state index in [1.165, 1.54) is 28.4 Å². The van der Waals surface area contributed by atoms with Crippen molar-refractivity contribution < 1.29 is 0 Å². The highest BCUT2D eigenvalue weighted by Gasteiger charge is 2.64. The van der Waals surface area contributed by atoms with Crippen LogP contribution in [0.15, 0.2) is 169 Å². The Morgan fingerprint density at radius 3 is 1.98 bits per heavy atom. The predicted molar refractivity (Wildman–Crippen MR) is 172 cm³/mol. The Balaban J connectivity index is 1.54. The van der Waals surface area contributed by atoms with Crippen molar-refractivity contribution >= 4 is 33.5 Å². The van der Waals surface area contributed by atoms with E-state index < -0.39 is 10.8 Å². The summed E-state index contributed by atoms with van der Waals surface area (Å²) >= 11 is 0. The highest BCUT2D eigenvalue weighted by atomic mass is 32.3. The van der Waals surface area contributed by atoms with Crippen LogP contribution in [0.25, 0.3) is 0 Å². The second-order valence-electron chi connectivity index (χ2n) is 10.4. The summed E-state index contributed by atoms with van der Waals surface area (Å²) in [7, 11) is -2.21. The maximum absolute atomic E-state index is 3.52. The molecule has 5 heteroatoms. The molecule has 1 saturated heterocycles. The van der Waals surface area contributed by atoms with E-state index in [4.69, 9.17) is 0 Å². The van der Waals surface area contributed by atoms with E-state index in [0.29, 0.717) is 0 Å². The van der Waals surface area contributed by atoms with Gasteiger partial charge < -0.3 is 0 Å². The molecule has 8 rings (SSSR count). The van der Waals surface area contributed by atoms with E-state index in [2.05, 4.69) is 168 Å². The number of para-hydroxylation sites is 4. The van der Waals surface area contributed by atoms with Crippen LogP contribution < -0.4 is 12.9 Å². The van der Waals surface area contributed by atoms with Crippen molar-refractivity contribution in [1.82, 2.24) is 4.31 Å². The number of allylic oxidation sites excluding steroid dienone is 9. The zero-order valence-electron chi connectivity index (χ0n) is 22.6. The monoisotopic (exact) mass is 550 g/mol. The van der Waals surface area contributed by atoms with Crippen molar-refractivity contribution in [1.29, 1.82) is 0 Å². The van der Waals surface area contributed by atoms with Gasteiger partial charge in [0.25, 0.3) is 0 Å². The van der Waals surface area contributed by atoms with Crippen LogP contribution in [0.1, 0.15) is 12.8 Å². The zero-order chi connectivity index (χ0) is 27.2. The Hall–Kier alpha value is -4.79. The lowest BCUT2D eigenvalue weighted by Crippen LogP contribution is -2.48. The minimum atomic E-state index is -2.21. The molecule has 3 aromatic carbocycles. The third kappa shape index (κ3) is 3.51. The van der Waals surface area contributed by atoms with Gasteiger partial charge in [-0.15, -0.1) is 0 Å². The SMILES string of the molecule is C1=C=C(N2c3ccccc3N(c3ccccc3)S23N(C2=CC=CCC2)C2C=CC=CC2N3c2ccccc2)C=CC=1. The third-order valence-electron chi connectivity index (χ3n) is 8.09. The van der Waals surface area contributed by atoms with E-state index in [9.17, 15) is 0 Å². The molecule has 3 aliphatic carbocycles. The second kappa shape index (κ2) is 9.69. The van der Waals surface area contributed by atoms with Crippen molar-refractivity contribution in [3.63, 3.8) is 0 Å². The molecule has 0 N–H and O–H groups in total. The standard InChI is InChI=1S/C36H30N4S/c1-5-17-29(18-6-1)37-33-25-13-14-26-34(33)38(30-19-7-2-8-20-30)41(37)39(31-21-9-3-10-22-31)35-27-15-16-28-36(35)40(41)32-23-11-4-12-24-32/h1-7,9-11,13-19,21-23,25-28,33-34H,8,20H2. The average Bonchev–Trinajstić information content (AvgIpc) is 3.51. The molecule has 5 aliphatic rings. The van der Waals surface area contributed by atoms with Gasteiger partial charge >= 0.3 is 0 Å². The third-order valence-corrected chi connectivity index (χ3v) is 11.9. The zero-order valence-corrected chi connectivity index (χ0v) is 23.4. The maximum Gasteiger partial charge on any atom is 0.106 e. The molecule has 3 unspecified atom stereocenters. The molecule has 1 fully saturated rings. The number of benzene rings is 3. The first-order valence-corrected chi connectivity index (χ1v) is 15.7. The van der Waals surface area contributed by atoms with Gasteiger partial charge in [0.2, 0.25) is 0 Å². The van der Waals surface area contributed by atoms with Crippen molar-refractivity contribution in [2.45, 2.75) is 24.9 Å². The highest BCUT2D eigenvalue weighted by Crippen LogP contribution is 2.78. The molecule has 1 spiro atoms. The summed E-state index contributed by atoms with van der Waals surface area (Å²) in [6.45, 7) is 0. The Morgan fingerprint density at radius 1 is 0.659 bits per heavy atom. The summed E-state index contributed by atoms with van der Waals surface area (Å²) in [4.78, 5) is 0. The number of rotatable bonds is 4. The topological polar surface area (TPSA) is 13.0 Å². The molecule has 2 heterocycles. The maximum atomic E-state index is 3.52. The average molecular weight is 551 g/mol. The van der Waals surface area contributed by atoms with Crippen molar-refractivity contribution in [3.8, 4) is 0 Å². The van der Waals surface area contributed by atoms with Gasteiger partial charge in [0.05, 0.1) is 45.6 Å². The van der Waals surface area contributed by atoms with Gasteiger partial charge in [-0.2, -0.15) is 0 Å². The molecular weight excluding hydrogens is 520 g/mol. The molecule has 4 nitrogen and oxygen atoms in total. The fraction of sp³-hybridized carbons (Fsp3) is 0.111. The van der Waals surface area contributed by atoms with Crippen LogP contribution in [0.5, 0.6) is 0 Å². The van der Waals surface area contributed by atoms with Gasteiger partial charge in [0.1, 0.15) is 5.70 Å². The van der Waals surface area contributed by atoms with Gasteiger partial charge in [0, 0.05) is 5.70 Å². The minimum Gasteiger partial charge on any atom is -0.281 e. The van der Waals surface area contributed by atoms with Crippen LogP contribution in [0.4, 0.5) is 22.7 Å². The van der Waals surface area contributed by atoms with E-state index in [1.807, 2.05) is 6.08 Å². The first kappa shape index (κ1) is 24.0. The lowest BCUT2D eigenvalue weighted by molar-refractivity contribution is 0.459. The molecule has 0 radical (unpaired) electrons. The second-order valence-corrected chi connectivity index (χ2v) is 12.9. The van der Waals surface area contributed by atoms with E-state index in [1.54, 1.807) is 0 Å². The smallest absolute Gasteiger partial charge is 0.106 e. The van der Waals surface area contributed by atoms with Crippen molar-refractivity contribution in [2.75, 3.05) is 12.9 Å². The predicted octanol–water partition coefficient (Wildman–Crippen LogP) is 8.79. The molecule has 0 aromatic heterocycles. The molecule has 2 aliphatic heterocycles. The van der Waals surface area contributed by atoms with Crippen molar-refractivity contribution in [3.05, 3.63) is 169 Å². The summed E-state index contributed by atoms with van der Waals surface area (Å²) in [5, 5.41) is 0. The van der Waals surface area contributed by atoms with E-state index >= 15 is 0 Å². The van der Waals surface area contributed by atoms with Crippen LogP contribution in [-0.2, 0) is 0 Å². The van der Waals surface area contributed by atoms with Crippen LogP contribution in [-0.4, -0.2) is 16.4 Å². The highest BCUT2D eigenvalue weighted by molar-refractivity contribution is 8.36. The first-order valence-electron chi connectivity index (χ1n) is 14.2. The largest absolute Gasteiger partial charge is 0.281 e. The fourth-order valence-electron chi connectivity index (χ4n) is 6.52. The molecular formula is C36H30N4S. The Bertz CT molecular complexity index is 1760. The Morgan fingerprint density at radius 2 is 1.32 bits per heavy atom. The lowest BCUT2D eigenvalue weighted by Gasteiger charge is -2.58. The van der Waals surface area contributed by atoms with E-state index in [0.717, 1.165) is 18.5 Å². The number of anilines is 4. The van der Waals surface area contributed by atoms with Gasteiger partial charge in [0.15, 0.2) is 0 Å². The molecule has 0 amide bonds. The first-order chi connectivity index (χ1) is 20.4. The summed E-state index contributed by atoms with van der Waals surface area (Å²) < 4.78 is 10.6. The molecule has 41 heavy (non-hydrogen) atoms. The van der Waals surface area contributed by atoms with Crippen LogP contribution in [0, 0.1) is 0 Å². The Kier molecular flexibility index (Phi) is 5.68. The van der Waals surface area contributed by atoms with Gasteiger partial charge in [-0.05, 0) is 73.2 Å². The fourth-order valence-corrected chi connectivity index (χ4v) is 11.1. The van der Waals surface area contributed by atoms with Crippen LogP contribution in [0.3, 0.4) is 0 Å². The number of hydrogen-bond acceptors (Lipinski definition) is 4. The van der Waals surface area contributed by atoms with Gasteiger partial charge in [-0.25, -0.2) is 4.31 Å². The van der Waals surface area contributed by atoms with Gasteiger partial charge in [-0.3, -0.25) is 12.9 Å². The minimum absolute atomic E-state index is 0.125. The Labute approximate surface area is 243 Å². The number of hydrogen-bond donors (Lipinski definition) is 0. The normalized spacial score (nSPS) is 26.7. The van der Waals surface area contributed by atoms with Gasteiger partial charge in [-0.1, -0.05) is 96.8 Å². The summed E-state index contributed by atoms with van der Waals surface area (Å²) in [6, 6.07) is 31.0. The summed E-state index contributed by atoms with van der Waals surface area (Å²) in [6.07, 6.45) is 24.3. The molecule has 0 saturated carbocycles. The summed E-state index contributed by atoms with van der Waals surface area (Å²) in [5.41, 5.74) is 13.9. The summed E-state index contributed by atoms with van der Waals surface area (Å²) in [5.74, 6) is 0. The number of nitrogens with zero attached hydrogens (tertiary/aromatic N) is 4.